The first-order chi connectivity index (χ1) is 14.3. The fourth-order valence-electron chi connectivity index (χ4n) is 3.42. The molecule has 30 heavy (non-hydrogen) atoms. The first-order valence-electron chi connectivity index (χ1n) is 8.99. The number of aromatic nitrogens is 3. The molecule has 2 aliphatic rings. The summed E-state index contributed by atoms with van der Waals surface area (Å²) in [7, 11) is -3.22. The zero-order valence-corrected chi connectivity index (χ0v) is 16.4. The number of allylic oxidation sites excluding steroid dienone is 1. The first kappa shape index (κ1) is 20.0. The summed E-state index contributed by atoms with van der Waals surface area (Å²) < 4.78 is 59.1. The monoisotopic (exact) mass is 434 g/mol. The van der Waals surface area contributed by atoms with Gasteiger partial charge in [-0.25, -0.2) is 26.7 Å². The number of carbonyl (C=O) groups is 1. The maximum Gasteiger partial charge on any atom is 0.414 e. The predicted molar refractivity (Wildman–Crippen MR) is 103 cm³/mol. The standard InChI is InChI=1S/C19H16F2N4O4S/c1-2-13-9-24(23-22-13)10-15-11-25(19(26)29-15)14-7-16(20)18(17(21)8-14)12-3-5-30(27,28)6-4-12/h1,3,7-9,15H,4-6,10-11H2/t15-/m0/s1. The van der Waals surface area contributed by atoms with Gasteiger partial charge in [0.15, 0.2) is 15.5 Å². The molecular formula is C19H16F2N4O4S. The van der Waals surface area contributed by atoms with Crippen LogP contribution >= 0.6 is 0 Å². The molecule has 1 aromatic heterocycles. The summed E-state index contributed by atoms with van der Waals surface area (Å²) in [6.07, 6.45) is 6.75. The lowest BCUT2D eigenvalue weighted by atomic mass is 10.0. The van der Waals surface area contributed by atoms with Gasteiger partial charge in [0.05, 0.1) is 36.5 Å². The number of benzene rings is 1. The van der Waals surface area contributed by atoms with E-state index in [4.69, 9.17) is 11.2 Å². The van der Waals surface area contributed by atoms with Crippen LogP contribution in [0.15, 0.2) is 24.4 Å². The first-order valence-corrected chi connectivity index (χ1v) is 10.8. The number of nitrogens with zero attached hydrogens (tertiary/aromatic N) is 4. The summed E-state index contributed by atoms with van der Waals surface area (Å²) in [5.74, 6) is 0.164. The average molecular weight is 434 g/mol. The molecule has 11 heteroatoms. The van der Waals surface area contributed by atoms with E-state index in [0.29, 0.717) is 11.3 Å². The van der Waals surface area contributed by atoms with Gasteiger partial charge in [0.1, 0.15) is 17.7 Å². The highest BCUT2D eigenvalue weighted by atomic mass is 32.2. The molecule has 0 aliphatic carbocycles. The second-order valence-corrected chi connectivity index (χ2v) is 9.19. The summed E-state index contributed by atoms with van der Waals surface area (Å²) in [6, 6.07) is 2.08. The Morgan fingerprint density at radius 2 is 2.03 bits per heavy atom. The van der Waals surface area contributed by atoms with Crippen LogP contribution in [-0.2, 0) is 21.1 Å². The molecule has 3 heterocycles. The van der Waals surface area contributed by atoms with Crippen LogP contribution in [0.2, 0.25) is 0 Å². The molecule has 0 bridgehead atoms. The number of terminal acetylenes is 1. The Labute approximate surface area is 171 Å². The summed E-state index contributed by atoms with van der Waals surface area (Å²) in [5.41, 5.74) is 0.361. The van der Waals surface area contributed by atoms with Crippen LogP contribution in [0.25, 0.3) is 5.57 Å². The molecule has 1 atom stereocenters. The van der Waals surface area contributed by atoms with Crippen molar-refractivity contribution in [3.8, 4) is 12.3 Å². The van der Waals surface area contributed by atoms with Gasteiger partial charge < -0.3 is 4.74 Å². The lowest BCUT2D eigenvalue weighted by Crippen LogP contribution is -2.26. The molecule has 0 spiro atoms. The van der Waals surface area contributed by atoms with Gasteiger partial charge in [0.2, 0.25) is 0 Å². The molecule has 8 nitrogen and oxygen atoms in total. The van der Waals surface area contributed by atoms with Crippen molar-refractivity contribution < 1.29 is 26.7 Å². The minimum absolute atomic E-state index is 0.00758. The van der Waals surface area contributed by atoms with Crippen molar-refractivity contribution >= 4 is 27.2 Å². The number of sulfone groups is 1. The highest BCUT2D eigenvalue weighted by molar-refractivity contribution is 7.91. The number of hydrogen-bond acceptors (Lipinski definition) is 6. The van der Waals surface area contributed by atoms with Gasteiger partial charge in [0, 0.05) is 5.56 Å². The average Bonchev–Trinajstić information content (AvgIpc) is 3.28. The third-order valence-corrected chi connectivity index (χ3v) is 6.38. The smallest absolute Gasteiger partial charge is 0.414 e. The number of halogens is 2. The Morgan fingerprint density at radius 3 is 2.63 bits per heavy atom. The predicted octanol–water partition coefficient (Wildman–Crippen LogP) is 1.76. The van der Waals surface area contributed by atoms with E-state index in [1.165, 1.54) is 17.0 Å². The van der Waals surface area contributed by atoms with E-state index >= 15 is 0 Å². The second-order valence-electron chi connectivity index (χ2n) is 6.96. The third kappa shape index (κ3) is 3.91. The molecule has 1 amide bonds. The second kappa shape index (κ2) is 7.53. The summed E-state index contributed by atoms with van der Waals surface area (Å²) in [5, 5.41) is 7.56. The van der Waals surface area contributed by atoms with Gasteiger partial charge in [-0.05, 0) is 30.0 Å². The number of hydrogen-bond donors (Lipinski definition) is 0. The zero-order valence-electron chi connectivity index (χ0n) is 15.6. The van der Waals surface area contributed by atoms with Gasteiger partial charge in [0.25, 0.3) is 0 Å². The third-order valence-electron chi connectivity index (χ3n) is 4.88. The molecule has 4 rings (SSSR count). The highest BCUT2D eigenvalue weighted by Crippen LogP contribution is 2.32. The lowest BCUT2D eigenvalue weighted by Gasteiger charge is -2.18. The summed E-state index contributed by atoms with van der Waals surface area (Å²) in [4.78, 5) is 13.3. The number of carbonyl (C=O) groups excluding carboxylic acids is 1. The molecule has 156 valence electrons. The minimum Gasteiger partial charge on any atom is -0.442 e. The molecular weight excluding hydrogens is 418 g/mol. The molecule has 1 fully saturated rings. The van der Waals surface area contributed by atoms with Crippen molar-refractivity contribution in [2.45, 2.75) is 19.1 Å². The van der Waals surface area contributed by atoms with Gasteiger partial charge in [-0.1, -0.05) is 11.3 Å². The number of amides is 1. The fraction of sp³-hybridized carbons (Fsp3) is 0.316. The van der Waals surface area contributed by atoms with E-state index in [0.717, 1.165) is 17.0 Å². The fourth-order valence-corrected chi connectivity index (χ4v) is 4.57. The zero-order chi connectivity index (χ0) is 21.5. The minimum atomic E-state index is -3.22. The van der Waals surface area contributed by atoms with Crippen molar-refractivity contribution in [2.24, 2.45) is 0 Å². The van der Waals surface area contributed by atoms with Crippen molar-refractivity contribution in [2.75, 3.05) is 23.0 Å². The molecule has 1 aromatic carbocycles. The van der Waals surface area contributed by atoms with Crippen LogP contribution in [0.4, 0.5) is 19.3 Å². The number of ether oxygens (including phenoxy) is 1. The lowest BCUT2D eigenvalue weighted by molar-refractivity contribution is 0.129. The van der Waals surface area contributed by atoms with Crippen molar-refractivity contribution in [3.63, 3.8) is 0 Å². The summed E-state index contributed by atoms with van der Waals surface area (Å²) >= 11 is 0. The van der Waals surface area contributed by atoms with E-state index < -0.39 is 33.7 Å². The van der Waals surface area contributed by atoms with Gasteiger partial charge >= 0.3 is 6.09 Å². The van der Waals surface area contributed by atoms with Crippen LogP contribution in [0, 0.1) is 24.0 Å². The van der Waals surface area contributed by atoms with Crippen LogP contribution in [-0.4, -0.2) is 53.7 Å². The maximum atomic E-state index is 14.7. The normalized spacial score (nSPS) is 20.6. The molecule has 2 aromatic rings. The molecule has 0 radical (unpaired) electrons. The number of anilines is 1. The Hall–Kier alpha value is -3.26. The van der Waals surface area contributed by atoms with Crippen molar-refractivity contribution in [1.29, 1.82) is 0 Å². The Balaban J connectivity index is 1.54. The SMILES string of the molecule is C#Cc1cn(C[C@H]2CN(c3cc(F)c(C4=CCS(=O)(=O)CC4)c(F)c3)C(=O)O2)nn1. The van der Waals surface area contributed by atoms with Gasteiger partial charge in [-0.3, -0.25) is 4.90 Å². The van der Waals surface area contributed by atoms with E-state index in [-0.39, 0.29) is 42.3 Å². The Morgan fingerprint density at radius 1 is 1.30 bits per heavy atom. The molecule has 1 saturated heterocycles. The van der Waals surface area contributed by atoms with E-state index in [1.807, 2.05) is 0 Å². The van der Waals surface area contributed by atoms with Crippen LogP contribution in [0.1, 0.15) is 17.7 Å². The number of rotatable bonds is 4. The van der Waals surface area contributed by atoms with E-state index in [1.54, 1.807) is 0 Å². The molecule has 0 N–H and O–H groups in total. The quantitative estimate of drug-likeness (QED) is 0.681. The van der Waals surface area contributed by atoms with Gasteiger partial charge in [-0.15, -0.1) is 11.5 Å². The molecule has 0 saturated carbocycles. The van der Waals surface area contributed by atoms with Crippen LogP contribution in [0.5, 0.6) is 0 Å². The highest BCUT2D eigenvalue weighted by Gasteiger charge is 2.34. The van der Waals surface area contributed by atoms with E-state index in [2.05, 4.69) is 16.2 Å². The summed E-state index contributed by atoms with van der Waals surface area (Å²) in [6.45, 7) is 0.241. The largest absolute Gasteiger partial charge is 0.442 e. The van der Waals surface area contributed by atoms with Gasteiger partial charge in [-0.2, -0.15) is 0 Å². The Bertz CT molecular complexity index is 1180. The van der Waals surface area contributed by atoms with Crippen molar-refractivity contribution in [1.82, 2.24) is 15.0 Å². The van der Waals surface area contributed by atoms with Crippen LogP contribution < -0.4 is 4.90 Å². The number of cyclic esters (lactones) is 1. The van der Waals surface area contributed by atoms with Crippen LogP contribution in [0.3, 0.4) is 0 Å². The Kier molecular flexibility index (Phi) is 5.03. The van der Waals surface area contributed by atoms with E-state index in [9.17, 15) is 22.0 Å². The molecule has 0 unspecified atom stereocenters. The maximum absolute atomic E-state index is 14.7. The topological polar surface area (TPSA) is 94.4 Å². The molecule has 2 aliphatic heterocycles. The van der Waals surface area contributed by atoms with Crippen molar-refractivity contribution in [3.05, 3.63) is 47.3 Å².